The van der Waals surface area contributed by atoms with Crippen LogP contribution >= 0.6 is 0 Å². The lowest BCUT2D eigenvalue weighted by Gasteiger charge is -2.36. The summed E-state index contributed by atoms with van der Waals surface area (Å²) in [5.74, 6) is -0.0526. The lowest BCUT2D eigenvalue weighted by atomic mass is 10.1. The number of carbonyl (C=O) groups is 2. The van der Waals surface area contributed by atoms with Crippen molar-refractivity contribution in [2.75, 3.05) is 37.6 Å². The van der Waals surface area contributed by atoms with Gasteiger partial charge in [0.1, 0.15) is 0 Å². The summed E-state index contributed by atoms with van der Waals surface area (Å²) in [6, 6.07) is 18.4. The van der Waals surface area contributed by atoms with Crippen molar-refractivity contribution in [3.8, 4) is 0 Å². The molecule has 0 radical (unpaired) electrons. The van der Waals surface area contributed by atoms with Gasteiger partial charge in [-0.05, 0) is 30.2 Å². The quantitative estimate of drug-likeness (QED) is 0.823. The normalized spacial score (nSPS) is 20.6. The van der Waals surface area contributed by atoms with Gasteiger partial charge in [-0.2, -0.15) is 0 Å². The van der Waals surface area contributed by atoms with Crippen LogP contribution < -0.4 is 4.90 Å². The molecule has 0 N–H and O–H groups in total. The predicted molar refractivity (Wildman–Crippen MR) is 110 cm³/mol. The van der Waals surface area contributed by atoms with E-state index in [4.69, 9.17) is 0 Å². The van der Waals surface area contributed by atoms with Crippen LogP contribution in [0.25, 0.3) is 0 Å². The van der Waals surface area contributed by atoms with Crippen molar-refractivity contribution in [2.45, 2.75) is 19.9 Å². The van der Waals surface area contributed by atoms with E-state index in [0.29, 0.717) is 13.0 Å². The molecule has 2 fully saturated rings. The van der Waals surface area contributed by atoms with E-state index in [1.165, 1.54) is 5.56 Å². The summed E-state index contributed by atoms with van der Waals surface area (Å²) in [5, 5.41) is 0. The Hall–Kier alpha value is -2.66. The summed E-state index contributed by atoms with van der Waals surface area (Å²) in [6.45, 7) is 6.66. The third-order valence-corrected chi connectivity index (χ3v) is 5.72. The highest BCUT2D eigenvalue weighted by Gasteiger charge is 2.37. The standard InChI is InChI=1S/C23H27N3O2/c1-18-6-5-9-21(14-18)26-17-20(15-22(26)27)23(28)25-12-10-24(11-13-25)16-19-7-3-2-4-8-19/h2-9,14,20H,10-13,15-17H2,1H3. The van der Waals surface area contributed by atoms with Gasteiger partial charge in [-0.25, -0.2) is 0 Å². The lowest BCUT2D eigenvalue weighted by Crippen LogP contribution is -2.50. The first kappa shape index (κ1) is 18.7. The molecule has 2 aliphatic rings. The Labute approximate surface area is 166 Å². The van der Waals surface area contributed by atoms with Gasteiger partial charge in [-0.15, -0.1) is 0 Å². The molecule has 2 saturated heterocycles. The van der Waals surface area contributed by atoms with Crippen LogP contribution in [-0.2, 0) is 16.1 Å². The number of nitrogens with zero attached hydrogens (tertiary/aromatic N) is 3. The summed E-state index contributed by atoms with van der Waals surface area (Å²) >= 11 is 0. The number of anilines is 1. The molecule has 146 valence electrons. The van der Waals surface area contributed by atoms with Gasteiger partial charge in [0, 0.05) is 51.4 Å². The summed E-state index contributed by atoms with van der Waals surface area (Å²) in [4.78, 5) is 31.6. The van der Waals surface area contributed by atoms with E-state index >= 15 is 0 Å². The van der Waals surface area contributed by atoms with Crippen LogP contribution in [0.5, 0.6) is 0 Å². The van der Waals surface area contributed by atoms with Crippen molar-refractivity contribution in [1.29, 1.82) is 0 Å². The molecule has 1 atom stereocenters. The number of hydrogen-bond donors (Lipinski definition) is 0. The van der Waals surface area contributed by atoms with E-state index in [1.807, 2.05) is 42.2 Å². The molecule has 28 heavy (non-hydrogen) atoms. The average molecular weight is 377 g/mol. The minimum absolute atomic E-state index is 0.0478. The van der Waals surface area contributed by atoms with Crippen LogP contribution in [0, 0.1) is 12.8 Å². The molecule has 2 heterocycles. The second-order valence-corrected chi connectivity index (χ2v) is 7.83. The molecule has 0 saturated carbocycles. The fourth-order valence-corrected chi connectivity index (χ4v) is 4.14. The Kier molecular flexibility index (Phi) is 5.44. The summed E-state index contributed by atoms with van der Waals surface area (Å²) < 4.78 is 0. The number of carbonyl (C=O) groups excluding carboxylic acids is 2. The van der Waals surface area contributed by atoms with E-state index in [0.717, 1.165) is 44.0 Å². The van der Waals surface area contributed by atoms with Crippen molar-refractivity contribution >= 4 is 17.5 Å². The molecule has 0 aliphatic carbocycles. The molecule has 2 aromatic rings. The number of rotatable bonds is 4. The lowest BCUT2D eigenvalue weighted by molar-refractivity contribution is -0.137. The van der Waals surface area contributed by atoms with Crippen molar-refractivity contribution in [3.05, 3.63) is 65.7 Å². The van der Waals surface area contributed by atoms with Crippen LogP contribution in [0.1, 0.15) is 17.5 Å². The number of benzene rings is 2. The third-order valence-electron chi connectivity index (χ3n) is 5.72. The maximum Gasteiger partial charge on any atom is 0.228 e. The Morgan fingerprint density at radius 3 is 2.46 bits per heavy atom. The van der Waals surface area contributed by atoms with E-state index < -0.39 is 0 Å². The first-order chi connectivity index (χ1) is 13.6. The van der Waals surface area contributed by atoms with Crippen LogP contribution in [0.4, 0.5) is 5.69 Å². The molecule has 5 heteroatoms. The first-order valence-corrected chi connectivity index (χ1v) is 10.0. The maximum absolute atomic E-state index is 13.0. The van der Waals surface area contributed by atoms with Crippen LogP contribution in [0.15, 0.2) is 54.6 Å². The van der Waals surface area contributed by atoms with Crippen LogP contribution in [0.2, 0.25) is 0 Å². The zero-order chi connectivity index (χ0) is 19.5. The van der Waals surface area contributed by atoms with Crippen molar-refractivity contribution in [3.63, 3.8) is 0 Å². The minimum Gasteiger partial charge on any atom is -0.340 e. The highest BCUT2D eigenvalue weighted by Crippen LogP contribution is 2.27. The van der Waals surface area contributed by atoms with Gasteiger partial charge < -0.3 is 9.80 Å². The summed E-state index contributed by atoms with van der Waals surface area (Å²) in [5.41, 5.74) is 3.32. The predicted octanol–water partition coefficient (Wildman–Crippen LogP) is 2.69. The van der Waals surface area contributed by atoms with E-state index in [-0.39, 0.29) is 17.7 Å². The molecule has 0 bridgehead atoms. The zero-order valence-corrected chi connectivity index (χ0v) is 16.4. The largest absolute Gasteiger partial charge is 0.340 e. The third kappa shape index (κ3) is 4.09. The maximum atomic E-state index is 13.0. The number of piperazine rings is 1. The highest BCUT2D eigenvalue weighted by molar-refractivity contribution is 6.00. The molecule has 2 aromatic carbocycles. The second kappa shape index (κ2) is 8.15. The zero-order valence-electron chi connectivity index (χ0n) is 16.4. The Bertz CT molecular complexity index is 844. The highest BCUT2D eigenvalue weighted by atomic mass is 16.2. The monoisotopic (exact) mass is 377 g/mol. The van der Waals surface area contributed by atoms with Crippen LogP contribution in [0.3, 0.4) is 0 Å². The topological polar surface area (TPSA) is 43.9 Å². The Morgan fingerprint density at radius 2 is 1.75 bits per heavy atom. The second-order valence-electron chi connectivity index (χ2n) is 7.83. The van der Waals surface area contributed by atoms with Gasteiger partial charge in [-0.3, -0.25) is 14.5 Å². The van der Waals surface area contributed by atoms with Crippen LogP contribution in [-0.4, -0.2) is 54.3 Å². The smallest absolute Gasteiger partial charge is 0.228 e. The van der Waals surface area contributed by atoms with Gasteiger partial charge in [0.15, 0.2) is 0 Å². The van der Waals surface area contributed by atoms with Crippen molar-refractivity contribution < 1.29 is 9.59 Å². The number of amides is 2. The number of aryl methyl sites for hydroxylation is 1. The van der Waals surface area contributed by atoms with Crippen molar-refractivity contribution in [1.82, 2.24) is 9.80 Å². The SMILES string of the molecule is Cc1cccc(N2CC(C(=O)N3CCN(Cc4ccccc4)CC3)CC2=O)c1. The fraction of sp³-hybridized carbons (Fsp3) is 0.391. The number of hydrogen-bond acceptors (Lipinski definition) is 3. The van der Waals surface area contributed by atoms with E-state index in [2.05, 4.69) is 29.2 Å². The molecular weight excluding hydrogens is 350 g/mol. The molecule has 4 rings (SSSR count). The fourth-order valence-electron chi connectivity index (χ4n) is 4.14. The molecule has 0 spiro atoms. The van der Waals surface area contributed by atoms with Crippen molar-refractivity contribution in [2.24, 2.45) is 5.92 Å². The molecule has 5 nitrogen and oxygen atoms in total. The summed E-state index contributed by atoms with van der Waals surface area (Å²) in [7, 11) is 0. The van der Waals surface area contributed by atoms with Gasteiger partial charge in [-0.1, -0.05) is 42.5 Å². The Balaban J connectivity index is 1.32. The average Bonchev–Trinajstić information content (AvgIpc) is 3.10. The van der Waals surface area contributed by atoms with Gasteiger partial charge in [0.05, 0.1) is 5.92 Å². The first-order valence-electron chi connectivity index (χ1n) is 10.0. The molecule has 2 aliphatic heterocycles. The van der Waals surface area contributed by atoms with E-state index in [9.17, 15) is 9.59 Å². The minimum atomic E-state index is -0.228. The van der Waals surface area contributed by atoms with Gasteiger partial charge >= 0.3 is 0 Å². The molecule has 2 amide bonds. The Morgan fingerprint density at radius 1 is 1.00 bits per heavy atom. The molecule has 1 unspecified atom stereocenters. The molecule has 0 aromatic heterocycles. The van der Waals surface area contributed by atoms with E-state index in [1.54, 1.807) is 4.90 Å². The summed E-state index contributed by atoms with van der Waals surface area (Å²) in [6.07, 6.45) is 0.316. The van der Waals surface area contributed by atoms with Gasteiger partial charge in [0.25, 0.3) is 0 Å². The molecular formula is C23H27N3O2. The van der Waals surface area contributed by atoms with Gasteiger partial charge in [0.2, 0.25) is 11.8 Å².